The number of hydrogen-bond acceptors (Lipinski definition) is 5. The summed E-state index contributed by atoms with van der Waals surface area (Å²) in [6.45, 7) is 6.69. The number of nitrogens with zero attached hydrogens (tertiary/aromatic N) is 5. The Kier molecular flexibility index (Phi) is 5.38. The Morgan fingerprint density at radius 3 is 2.63 bits per heavy atom. The number of carbonyl (C=O) groups is 1. The van der Waals surface area contributed by atoms with Gasteiger partial charge >= 0.3 is 6.09 Å². The van der Waals surface area contributed by atoms with Crippen molar-refractivity contribution in [3.63, 3.8) is 0 Å². The van der Waals surface area contributed by atoms with Crippen molar-refractivity contribution in [3.05, 3.63) is 36.2 Å². The van der Waals surface area contributed by atoms with Crippen molar-refractivity contribution in [2.75, 3.05) is 32.8 Å². The van der Waals surface area contributed by atoms with Crippen LogP contribution in [0, 0.1) is 0 Å². The summed E-state index contributed by atoms with van der Waals surface area (Å²) in [5.74, 6) is 1.89. The normalized spacial score (nSPS) is 18.8. The van der Waals surface area contributed by atoms with Crippen LogP contribution in [-0.4, -0.2) is 69.5 Å². The monoisotopic (exact) mass is 369 g/mol. The summed E-state index contributed by atoms with van der Waals surface area (Å²) in [7, 11) is 0. The van der Waals surface area contributed by atoms with Gasteiger partial charge in [0, 0.05) is 44.2 Å². The zero-order valence-electron chi connectivity index (χ0n) is 15.9. The first kappa shape index (κ1) is 18.0. The zero-order valence-corrected chi connectivity index (χ0v) is 15.9. The molecule has 4 rings (SSSR count). The van der Waals surface area contributed by atoms with Crippen molar-refractivity contribution < 1.29 is 9.53 Å². The molecule has 144 valence electrons. The van der Waals surface area contributed by atoms with E-state index in [0.717, 1.165) is 69.2 Å². The van der Waals surface area contributed by atoms with E-state index >= 15 is 0 Å². The van der Waals surface area contributed by atoms with Crippen LogP contribution in [0.4, 0.5) is 4.79 Å². The lowest BCUT2D eigenvalue weighted by molar-refractivity contribution is 0.0750. The smallest absolute Gasteiger partial charge is 0.409 e. The van der Waals surface area contributed by atoms with Gasteiger partial charge in [0.2, 0.25) is 0 Å². The summed E-state index contributed by atoms with van der Waals surface area (Å²) in [6, 6.07) is 10.7. The molecule has 1 saturated heterocycles. The Morgan fingerprint density at radius 2 is 1.89 bits per heavy atom. The first-order chi connectivity index (χ1) is 13.2. The largest absolute Gasteiger partial charge is 0.450 e. The van der Waals surface area contributed by atoms with Crippen molar-refractivity contribution in [1.29, 1.82) is 0 Å². The molecular formula is C20H27N5O2. The van der Waals surface area contributed by atoms with E-state index in [2.05, 4.69) is 21.7 Å². The number of carbonyl (C=O) groups excluding carboxylic acids is 1. The number of likely N-dealkylation sites (tertiary alicyclic amines) is 1. The van der Waals surface area contributed by atoms with Crippen LogP contribution in [0.5, 0.6) is 0 Å². The maximum absolute atomic E-state index is 11.9. The van der Waals surface area contributed by atoms with E-state index in [0.29, 0.717) is 12.6 Å². The molecule has 0 unspecified atom stereocenters. The molecule has 0 spiro atoms. The molecule has 7 nitrogen and oxygen atoms in total. The standard InChI is InChI=1S/C20H27N5O2/c1-2-27-20(26)24-11-8-17(9-12-24)23-13-10-18-21-19(22-25(18)15-14-23)16-6-4-3-5-7-16/h3-7,17H,2,8-15H2,1H3. The van der Waals surface area contributed by atoms with Gasteiger partial charge in [-0.15, -0.1) is 0 Å². The van der Waals surface area contributed by atoms with E-state index < -0.39 is 0 Å². The number of aromatic nitrogens is 3. The first-order valence-electron chi connectivity index (χ1n) is 9.89. The number of ether oxygens (including phenoxy) is 1. The second kappa shape index (κ2) is 8.08. The van der Waals surface area contributed by atoms with Gasteiger partial charge in [0.15, 0.2) is 5.82 Å². The third kappa shape index (κ3) is 3.98. The molecule has 2 aromatic rings. The van der Waals surface area contributed by atoms with Crippen LogP contribution in [0.25, 0.3) is 11.4 Å². The number of benzene rings is 1. The molecular weight excluding hydrogens is 342 g/mol. The minimum atomic E-state index is -0.176. The number of amides is 1. The minimum Gasteiger partial charge on any atom is -0.450 e. The van der Waals surface area contributed by atoms with Gasteiger partial charge in [0.05, 0.1) is 13.2 Å². The summed E-state index contributed by atoms with van der Waals surface area (Å²) in [5, 5.41) is 4.73. The SMILES string of the molecule is CCOC(=O)N1CCC(N2CCc3nc(-c4ccccc4)nn3CC2)CC1. The van der Waals surface area contributed by atoms with Gasteiger partial charge in [-0.25, -0.2) is 14.5 Å². The molecule has 0 saturated carbocycles. The highest BCUT2D eigenvalue weighted by Crippen LogP contribution is 2.21. The van der Waals surface area contributed by atoms with Gasteiger partial charge in [-0.3, -0.25) is 4.90 Å². The van der Waals surface area contributed by atoms with Gasteiger partial charge in [0.1, 0.15) is 5.82 Å². The van der Waals surface area contributed by atoms with Crippen LogP contribution in [0.15, 0.2) is 30.3 Å². The summed E-state index contributed by atoms with van der Waals surface area (Å²) in [6.07, 6.45) is 2.75. The van der Waals surface area contributed by atoms with Crippen molar-refractivity contribution >= 4 is 6.09 Å². The van der Waals surface area contributed by atoms with Gasteiger partial charge in [-0.05, 0) is 19.8 Å². The van der Waals surface area contributed by atoms with Crippen molar-refractivity contribution in [2.24, 2.45) is 0 Å². The van der Waals surface area contributed by atoms with Crippen molar-refractivity contribution in [2.45, 2.75) is 38.8 Å². The summed E-state index contributed by atoms with van der Waals surface area (Å²) >= 11 is 0. The van der Waals surface area contributed by atoms with Crippen LogP contribution in [0.2, 0.25) is 0 Å². The van der Waals surface area contributed by atoms with E-state index in [4.69, 9.17) is 14.8 Å². The lowest BCUT2D eigenvalue weighted by atomic mass is 10.0. The van der Waals surface area contributed by atoms with Crippen LogP contribution in [0.1, 0.15) is 25.6 Å². The predicted octanol–water partition coefficient (Wildman–Crippen LogP) is 2.42. The number of hydrogen-bond donors (Lipinski definition) is 0. The molecule has 3 heterocycles. The van der Waals surface area contributed by atoms with Crippen LogP contribution >= 0.6 is 0 Å². The highest BCUT2D eigenvalue weighted by Gasteiger charge is 2.29. The molecule has 0 radical (unpaired) electrons. The third-order valence-corrected chi connectivity index (χ3v) is 5.51. The topological polar surface area (TPSA) is 63.5 Å². The fraction of sp³-hybridized carbons (Fsp3) is 0.550. The van der Waals surface area contributed by atoms with E-state index in [-0.39, 0.29) is 6.09 Å². The van der Waals surface area contributed by atoms with Crippen molar-refractivity contribution in [1.82, 2.24) is 24.6 Å². The average Bonchev–Trinajstić information content (AvgIpc) is 3.02. The summed E-state index contributed by atoms with van der Waals surface area (Å²) < 4.78 is 7.18. The molecule has 27 heavy (non-hydrogen) atoms. The molecule has 1 aromatic heterocycles. The summed E-state index contributed by atoms with van der Waals surface area (Å²) in [5.41, 5.74) is 1.07. The highest BCUT2D eigenvalue weighted by molar-refractivity contribution is 5.67. The van der Waals surface area contributed by atoms with Gasteiger partial charge in [-0.2, -0.15) is 5.10 Å². The Balaban J connectivity index is 1.35. The Bertz CT molecular complexity index is 742. The molecule has 2 aliphatic heterocycles. The molecule has 0 atom stereocenters. The number of piperidine rings is 1. The lowest BCUT2D eigenvalue weighted by Gasteiger charge is -2.37. The number of fused-ring (bicyclic) bond motifs is 1. The summed E-state index contributed by atoms with van der Waals surface area (Å²) in [4.78, 5) is 21.0. The Labute approximate surface area is 159 Å². The molecule has 1 amide bonds. The van der Waals surface area contributed by atoms with E-state index in [1.807, 2.05) is 30.0 Å². The second-order valence-corrected chi connectivity index (χ2v) is 7.14. The third-order valence-electron chi connectivity index (χ3n) is 5.51. The molecule has 0 N–H and O–H groups in total. The molecule has 0 bridgehead atoms. The van der Waals surface area contributed by atoms with Crippen LogP contribution in [-0.2, 0) is 17.7 Å². The van der Waals surface area contributed by atoms with E-state index in [1.165, 1.54) is 0 Å². The average molecular weight is 369 g/mol. The highest BCUT2D eigenvalue weighted by atomic mass is 16.6. The van der Waals surface area contributed by atoms with Gasteiger partial charge in [0.25, 0.3) is 0 Å². The predicted molar refractivity (Wildman–Crippen MR) is 102 cm³/mol. The van der Waals surface area contributed by atoms with E-state index in [9.17, 15) is 4.79 Å². The quantitative estimate of drug-likeness (QED) is 0.831. The molecule has 2 aliphatic rings. The van der Waals surface area contributed by atoms with Crippen LogP contribution < -0.4 is 0 Å². The molecule has 1 aromatic carbocycles. The van der Waals surface area contributed by atoms with Gasteiger partial charge < -0.3 is 9.64 Å². The minimum absolute atomic E-state index is 0.176. The molecule has 1 fully saturated rings. The maximum atomic E-state index is 11.9. The molecule has 7 heteroatoms. The molecule has 0 aliphatic carbocycles. The van der Waals surface area contributed by atoms with Crippen molar-refractivity contribution in [3.8, 4) is 11.4 Å². The van der Waals surface area contributed by atoms with Gasteiger partial charge in [-0.1, -0.05) is 30.3 Å². The first-order valence-corrected chi connectivity index (χ1v) is 9.89. The number of rotatable bonds is 3. The zero-order chi connectivity index (χ0) is 18.6. The van der Waals surface area contributed by atoms with Crippen LogP contribution in [0.3, 0.4) is 0 Å². The second-order valence-electron chi connectivity index (χ2n) is 7.14. The van der Waals surface area contributed by atoms with E-state index in [1.54, 1.807) is 0 Å². The Hall–Kier alpha value is -2.41. The fourth-order valence-corrected chi connectivity index (χ4v) is 4.02. The lowest BCUT2D eigenvalue weighted by Crippen LogP contribution is -2.47. The maximum Gasteiger partial charge on any atom is 0.409 e. The fourth-order valence-electron chi connectivity index (χ4n) is 4.02. The Morgan fingerprint density at radius 1 is 1.11 bits per heavy atom.